The van der Waals surface area contributed by atoms with Crippen molar-refractivity contribution in [2.75, 3.05) is 5.75 Å². The molecule has 0 aliphatic rings. The topological polar surface area (TPSA) is 72.2 Å². The number of nitrogens with zero attached hydrogens (tertiary/aromatic N) is 4. The van der Waals surface area contributed by atoms with Crippen molar-refractivity contribution in [3.8, 4) is 17.1 Å². The molecule has 0 fully saturated rings. The summed E-state index contributed by atoms with van der Waals surface area (Å²) in [6.07, 6.45) is 1.63. The van der Waals surface area contributed by atoms with Crippen molar-refractivity contribution in [1.82, 2.24) is 20.2 Å². The molecule has 32 heavy (non-hydrogen) atoms. The van der Waals surface area contributed by atoms with Crippen LogP contribution in [0.1, 0.15) is 9.75 Å². The summed E-state index contributed by atoms with van der Waals surface area (Å²) < 4.78 is 1.88. The van der Waals surface area contributed by atoms with E-state index in [-0.39, 0.29) is 11.7 Å². The van der Waals surface area contributed by atoms with Gasteiger partial charge in [-0.2, -0.15) is 5.10 Å². The quantitative estimate of drug-likeness (QED) is 0.195. The van der Waals surface area contributed by atoms with Crippen LogP contribution in [0.15, 0.2) is 70.9 Å². The van der Waals surface area contributed by atoms with E-state index in [1.807, 2.05) is 47.9 Å². The van der Waals surface area contributed by atoms with Crippen LogP contribution in [0.5, 0.6) is 0 Å². The first-order valence-corrected chi connectivity index (χ1v) is 12.0. The molecule has 0 aliphatic carbocycles. The van der Waals surface area contributed by atoms with Gasteiger partial charge in [-0.05, 0) is 67.6 Å². The molecule has 4 rings (SSSR count). The lowest BCUT2D eigenvalue weighted by atomic mass is 10.2. The Morgan fingerprint density at radius 1 is 1.06 bits per heavy atom. The summed E-state index contributed by atoms with van der Waals surface area (Å²) in [6, 6.07) is 18.7. The van der Waals surface area contributed by atoms with E-state index in [0.717, 1.165) is 16.1 Å². The summed E-state index contributed by atoms with van der Waals surface area (Å²) in [5, 5.41) is 14.5. The number of halogens is 2. The van der Waals surface area contributed by atoms with Crippen LogP contribution in [0.2, 0.25) is 10.0 Å². The van der Waals surface area contributed by atoms with E-state index in [4.69, 9.17) is 23.2 Å². The molecule has 0 unspecified atom stereocenters. The van der Waals surface area contributed by atoms with Crippen LogP contribution in [0.25, 0.3) is 17.1 Å². The summed E-state index contributed by atoms with van der Waals surface area (Å²) in [7, 11) is 0. The summed E-state index contributed by atoms with van der Waals surface area (Å²) in [5.41, 5.74) is 4.23. The smallest absolute Gasteiger partial charge is 0.250 e. The monoisotopic (exact) mass is 501 g/mol. The van der Waals surface area contributed by atoms with Gasteiger partial charge >= 0.3 is 0 Å². The molecule has 0 saturated heterocycles. The molecule has 0 atom stereocenters. The lowest BCUT2D eigenvalue weighted by Gasteiger charge is -2.10. The number of hydrogen-bond donors (Lipinski definition) is 1. The molecule has 1 N–H and O–H groups in total. The predicted molar refractivity (Wildman–Crippen MR) is 132 cm³/mol. The highest BCUT2D eigenvalue weighted by atomic mass is 35.5. The molecule has 0 bridgehead atoms. The first kappa shape index (κ1) is 22.5. The van der Waals surface area contributed by atoms with Crippen LogP contribution in [0, 0.1) is 6.92 Å². The van der Waals surface area contributed by atoms with Gasteiger partial charge in [0.25, 0.3) is 5.91 Å². The standard InChI is InChI=1S/C22H17Cl2N5OS2/c1-14-2-11-19(32-14)12-25-26-20(30)13-31-22-28-27-21(15-3-5-16(23)6-4-15)29(22)18-9-7-17(24)8-10-18/h2-12H,13H2,1H3,(H,26,30). The van der Waals surface area contributed by atoms with Gasteiger partial charge < -0.3 is 0 Å². The Morgan fingerprint density at radius 3 is 2.41 bits per heavy atom. The van der Waals surface area contributed by atoms with E-state index < -0.39 is 0 Å². The fourth-order valence-electron chi connectivity index (χ4n) is 2.83. The third-order valence-corrected chi connectivity index (χ3v) is 6.66. The number of hydrazone groups is 1. The SMILES string of the molecule is Cc1ccc(C=NNC(=O)CSc2nnc(-c3ccc(Cl)cc3)n2-c2ccc(Cl)cc2)s1. The van der Waals surface area contributed by atoms with Crippen molar-refractivity contribution in [2.45, 2.75) is 12.1 Å². The number of thioether (sulfide) groups is 1. The molecule has 4 aromatic rings. The molecule has 0 spiro atoms. The maximum Gasteiger partial charge on any atom is 0.250 e. The number of amides is 1. The average Bonchev–Trinajstić information content (AvgIpc) is 3.39. The van der Waals surface area contributed by atoms with Crippen LogP contribution in [0.4, 0.5) is 0 Å². The fraction of sp³-hybridized carbons (Fsp3) is 0.0909. The number of carbonyl (C=O) groups excluding carboxylic acids is 1. The molecule has 0 saturated carbocycles. The van der Waals surface area contributed by atoms with E-state index in [0.29, 0.717) is 21.0 Å². The fourth-order valence-corrected chi connectivity index (χ4v) is 4.57. The van der Waals surface area contributed by atoms with Gasteiger partial charge in [0.2, 0.25) is 0 Å². The lowest BCUT2D eigenvalue weighted by Crippen LogP contribution is -2.19. The van der Waals surface area contributed by atoms with Gasteiger partial charge in [-0.15, -0.1) is 21.5 Å². The van der Waals surface area contributed by atoms with E-state index in [9.17, 15) is 4.79 Å². The Bertz CT molecular complexity index is 1250. The highest BCUT2D eigenvalue weighted by Crippen LogP contribution is 2.29. The zero-order chi connectivity index (χ0) is 22.5. The second kappa shape index (κ2) is 10.3. The van der Waals surface area contributed by atoms with Gasteiger partial charge in [0.1, 0.15) is 0 Å². The lowest BCUT2D eigenvalue weighted by molar-refractivity contribution is -0.118. The molecule has 6 nitrogen and oxygen atoms in total. The Kier molecular flexibility index (Phi) is 7.26. The number of thiophene rings is 1. The number of aryl methyl sites for hydroxylation is 1. The van der Waals surface area contributed by atoms with Crippen molar-refractivity contribution >= 4 is 58.4 Å². The first-order chi connectivity index (χ1) is 15.5. The van der Waals surface area contributed by atoms with Crippen molar-refractivity contribution < 1.29 is 4.79 Å². The highest BCUT2D eigenvalue weighted by Gasteiger charge is 2.17. The zero-order valence-corrected chi connectivity index (χ0v) is 20.0. The van der Waals surface area contributed by atoms with Crippen LogP contribution < -0.4 is 5.43 Å². The summed E-state index contributed by atoms with van der Waals surface area (Å²) >= 11 is 15.0. The molecule has 10 heteroatoms. The summed E-state index contributed by atoms with van der Waals surface area (Å²) in [6.45, 7) is 2.02. The van der Waals surface area contributed by atoms with Crippen molar-refractivity contribution in [3.63, 3.8) is 0 Å². The minimum Gasteiger partial charge on any atom is -0.272 e. The number of hydrogen-bond acceptors (Lipinski definition) is 6. The van der Waals surface area contributed by atoms with Crippen LogP contribution in [-0.2, 0) is 4.79 Å². The third-order valence-electron chi connectivity index (χ3n) is 4.30. The van der Waals surface area contributed by atoms with E-state index in [2.05, 4.69) is 20.7 Å². The zero-order valence-electron chi connectivity index (χ0n) is 16.8. The molecular weight excluding hydrogens is 485 g/mol. The second-order valence-electron chi connectivity index (χ2n) is 6.66. The number of rotatable bonds is 7. The first-order valence-electron chi connectivity index (χ1n) is 9.48. The molecule has 2 aromatic carbocycles. The van der Waals surface area contributed by atoms with Gasteiger partial charge in [0.05, 0.1) is 12.0 Å². The van der Waals surface area contributed by atoms with Gasteiger partial charge in [-0.25, -0.2) is 5.43 Å². The maximum absolute atomic E-state index is 12.3. The van der Waals surface area contributed by atoms with Crippen molar-refractivity contribution in [2.24, 2.45) is 5.10 Å². The average molecular weight is 502 g/mol. The number of carbonyl (C=O) groups is 1. The molecule has 0 radical (unpaired) electrons. The number of benzene rings is 2. The Labute approximate surface area is 203 Å². The van der Waals surface area contributed by atoms with Gasteiger partial charge in [0, 0.05) is 31.1 Å². The van der Waals surface area contributed by atoms with Crippen molar-refractivity contribution in [3.05, 3.63) is 80.5 Å². The molecule has 1 amide bonds. The molecule has 2 heterocycles. The normalized spacial score (nSPS) is 11.2. The Balaban J connectivity index is 1.52. The molecule has 2 aromatic heterocycles. The maximum atomic E-state index is 12.3. The van der Waals surface area contributed by atoms with E-state index >= 15 is 0 Å². The number of aromatic nitrogens is 3. The molecule has 0 aliphatic heterocycles. The van der Waals surface area contributed by atoms with Gasteiger partial charge in [0.15, 0.2) is 11.0 Å². The summed E-state index contributed by atoms with van der Waals surface area (Å²) in [4.78, 5) is 14.5. The van der Waals surface area contributed by atoms with E-state index in [1.165, 1.54) is 16.6 Å². The molecular formula is C22H17Cl2N5OS2. The van der Waals surface area contributed by atoms with E-state index in [1.54, 1.807) is 41.8 Å². The van der Waals surface area contributed by atoms with Gasteiger partial charge in [-0.3, -0.25) is 9.36 Å². The Hall–Kier alpha value is -2.65. The summed E-state index contributed by atoms with van der Waals surface area (Å²) in [5.74, 6) is 0.531. The van der Waals surface area contributed by atoms with Crippen LogP contribution >= 0.6 is 46.3 Å². The van der Waals surface area contributed by atoms with Gasteiger partial charge in [-0.1, -0.05) is 35.0 Å². The van der Waals surface area contributed by atoms with Crippen LogP contribution in [0.3, 0.4) is 0 Å². The van der Waals surface area contributed by atoms with Crippen LogP contribution in [-0.4, -0.2) is 32.6 Å². The minimum atomic E-state index is -0.238. The van der Waals surface area contributed by atoms with Crippen molar-refractivity contribution in [1.29, 1.82) is 0 Å². The third kappa shape index (κ3) is 5.58. The Morgan fingerprint density at radius 2 is 1.75 bits per heavy atom. The number of nitrogens with one attached hydrogen (secondary N) is 1. The minimum absolute atomic E-state index is 0.132. The molecule has 162 valence electrons. The predicted octanol–water partition coefficient (Wildman–Crippen LogP) is 5.85. The highest BCUT2D eigenvalue weighted by molar-refractivity contribution is 7.99. The largest absolute Gasteiger partial charge is 0.272 e. The second-order valence-corrected chi connectivity index (χ2v) is 9.79.